The molecule has 190 valence electrons. The summed E-state index contributed by atoms with van der Waals surface area (Å²) < 4.78 is 42.6. The van der Waals surface area contributed by atoms with Gasteiger partial charge in [0, 0.05) is 25.0 Å². The summed E-state index contributed by atoms with van der Waals surface area (Å²) >= 11 is 6.45. The van der Waals surface area contributed by atoms with E-state index < -0.39 is 15.0 Å². The maximum atomic E-state index is 13.5. The summed E-state index contributed by atoms with van der Waals surface area (Å²) in [7, 11) is -2.68. The molecule has 0 spiro atoms. The van der Waals surface area contributed by atoms with Crippen LogP contribution in [0.3, 0.4) is 0 Å². The first-order valence-corrected chi connectivity index (χ1v) is 13.2. The van der Waals surface area contributed by atoms with Crippen LogP contribution in [-0.2, 0) is 10.0 Å². The number of anilines is 2. The minimum absolute atomic E-state index is 0.106. The van der Waals surface area contributed by atoms with Crippen molar-refractivity contribution >= 4 is 38.9 Å². The number of halogens is 2. The highest BCUT2D eigenvalue weighted by molar-refractivity contribution is 7.89. The lowest BCUT2D eigenvalue weighted by molar-refractivity contribution is 0.0713. The average molecular weight is 533 g/mol. The van der Waals surface area contributed by atoms with Gasteiger partial charge in [0.2, 0.25) is 0 Å². The molecule has 0 aliphatic carbocycles. The lowest BCUT2D eigenvalue weighted by Gasteiger charge is -2.33. The second-order valence-electron chi connectivity index (χ2n) is 8.63. The van der Waals surface area contributed by atoms with Crippen molar-refractivity contribution in [3.63, 3.8) is 0 Å². The van der Waals surface area contributed by atoms with Crippen LogP contribution in [0.5, 0.6) is 5.75 Å². The van der Waals surface area contributed by atoms with Crippen LogP contribution in [0, 0.1) is 12.7 Å². The van der Waals surface area contributed by atoms with E-state index in [-0.39, 0.29) is 33.9 Å². The van der Waals surface area contributed by atoms with Gasteiger partial charge in [-0.2, -0.15) is 0 Å². The van der Waals surface area contributed by atoms with E-state index in [1.165, 1.54) is 18.3 Å². The number of nitrogens with one attached hydrogen (secondary N) is 1. The summed E-state index contributed by atoms with van der Waals surface area (Å²) in [6.07, 6.45) is 2.59. The van der Waals surface area contributed by atoms with Gasteiger partial charge >= 0.3 is 0 Å². The van der Waals surface area contributed by atoms with E-state index in [2.05, 4.69) is 10.3 Å². The topological polar surface area (TPSA) is 115 Å². The van der Waals surface area contributed by atoms with Crippen molar-refractivity contribution in [1.82, 2.24) is 9.88 Å². The number of hydrogen-bond acceptors (Lipinski definition) is 6. The minimum Gasteiger partial charge on any atom is -0.497 e. The van der Waals surface area contributed by atoms with E-state index in [0.29, 0.717) is 37.4 Å². The van der Waals surface area contributed by atoms with Crippen LogP contribution in [0.25, 0.3) is 0 Å². The Hall–Kier alpha value is -3.21. The molecule has 3 aromatic rings. The van der Waals surface area contributed by atoms with Gasteiger partial charge in [0.25, 0.3) is 15.9 Å². The van der Waals surface area contributed by atoms with Crippen LogP contribution in [0.15, 0.2) is 53.7 Å². The van der Waals surface area contributed by atoms with Gasteiger partial charge in [-0.25, -0.2) is 22.9 Å². The molecule has 11 heteroatoms. The molecule has 1 fully saturated rings. The lowest BCUT2D eigenvalue weighted by Crippen LogP contribution is -2.38. The first-order valence-electron chi connectivity index (χ1n) is 11.3. The SMILES string of the molecule is COc1ccc(Nc2c(C(=O)N3CCC(c4ccc(F)cc4)CC3)cnc(S(N)(=O)=O)c2Cl)c(C)c1. The van der Waals surface area contributed by atoms with E-state index in [9.17, 15) is 17.6 Å². The van der Waals surface area contributed by atoms with Crippen molar-refractivity contribution in [1.29, 1.82) is 0 Å². The molecule has 0 saturated carbocycles. The standard InChI is InChI=1S/C25H26ClFN4O4S/c1-15-13-19(35-2)7-8-21(15)30-23-20(14-29-24(22(23)26)36(28,33)34)25(32)31-11-9-17(10-12-31)16-3-5-18(27)6-4-16/h3-8,13-14,17H,9-12H2,1-2H3,(H,29,30)(H2,28,33,34). The molecule has 1 saturated heterocycles. The first kappa shape index (κ1) is 25.9. The number of nitrogens with two attached hydrogens (primary N) is 1. The Morgan fingerprint density at radius 1 is 1.19 bits per heavy atom. The Labute approximate surface area is 214 Å². The average Bonchev–Trinajstić information content (AvgIpc) is 2.85. The second-order valence-corrected chi connectivity index (χ2v) is 10.5. The van der Waals surface area contributed by atoms with Crippen LogP contribution >= 0.6 is 11.6 Å². The summed E-state index contributed by atoms with van der Waals surface area (Å²) in [4.78, 5) is 19.1. The third kappa shape index (κ3) is 5.45. The second kappa shape index (κ2) is 10.4. The first-order chi connectivity index (χ1) is 17.1. The zero-order valence-electron chi connectivity index (χ0n) is 19.8. The molecule has 1 aliphatic heterocycles. The molecule has 1 aromatic heterocycles. The molecular formula is C25H26ClFN4O4S. The van der Waals surface area contributed by atoms with Gasteiger partial charge in [-0.3, -0.25) is 4.79 Å². The number of amides is 1. The van der Waals surface area contributed by atoms with Crippen LogP contribution in [0.1, 0.15) is 40.2 Å². The number of sulfonamides is 1. The third-order valence-electron chi connectivity index (χ3n) is 6.30. The predicted molar refractivity (Wildman–Crippen MR) is 136 cm³/mol. The fraction of sp³-hybridized carbons (Fsp3) is 0.280. The zero-order chi connectivity index (χ0) is 26.0. The fourth-order valence-corrected chi connectivity index (χ4v) is 5.38. The number of methoxy groups -OCH3 is 1. The van der Waals surface area contributed by atoms with E-state index in [0.717, 1.165) is 11.1 Å². The molecule has 0 bridgehead atoms. The van der Waals surface area contributed by atoms with Crippen LogP contribution in [0.4, 0.5) is 15.8 Å². The Bertz CT molecular complexity index is 1390. The number of carbonyl (C=O) groups excluding carboxylic acids is 1. The summed E-state index contributed by atoms with van der Waals surface area (Å²) in [5.41, 5.74) is 2.66. The molecule has 0 unspecified atom stereocenters. The Balaban J connectivity index is 1.63. The number of ether oxygens (including phenoxy) is 1. The smallest absolute Gasteiger partial charge is 0.257 e. The van der Waals surface area contributed by atoms with E-state index in [1.807, 2.05) is 6.92 Å². The molecule has 0 atom stereocenters. The third-order valence-corrected chi connectivity index (χ3v) is 7.63. The van der Waals surface area contributed by atoms with Gasteiger partial charge in [0.15, 0.2) is 5.03 Å². The van der Waals surface area contributed by atoms with Gasteiger partial charge in [0.1, 0.15) is 16.6 Å². The molecular weight excluding hydrogens is 507 g/mol. The molecule has 2 aromatic carbocycles. The molecule has 0 radical (unpaired) electrons. The van der Waals surface area contributed by atoms with Crippen molar-refractivity contribution in [2.75, 3.05) is 25.5 Å². The number of primary sulfonamides is 1. The van der Waals surface area contributed by atoms with Gasteiger partial charge < -0.3 is 15.0 Å². The van der Waals surface area contributed by atoms with Crippen molar-refractivity contribution < 1.29 is 22.3 Å². The van der Waals surface area contributed by atoms with Gasteiger partial charge in [-0.1, -0.05) is 23.7 Å². The lowest BCUT2D eigenvalue weighted by atomic mass is 9.89. The van der Waals surface area contributed by atoms with Crippen LogP contribution < -0.4 is 15.2 Å². The van der Waals surface area contributed by atoms with E-state index >= 15 is 0 Å². The van der Waals surface area contributed by atoms with Crippen LogP contribution in [-0.4, -0.2) is 44.4 Å². The largest absolute Gasteiger partial charge is 0.497 e. The Morgan fingerprint density at radius 2 is 1.86 bits per heavy atom. The Morgan fingerprint density at radius 3 is 2.44 bits per heavy atom. The van der Waals surface area contributed by atoms with E-state index in [1.54, 1.807) is 42.3 Å². The number of nitrogens with zero attached hydrogens (tertiary/aromatic N) is 2. The number of benzene rings is 2. The highest BCUT2D eigenvalue weighted by Crippen LogP contribution is 2.36. The number of pyridine rings is 1. The molecule has 3 N–H and O–H groups in total. The van der Waals surface area contributed by atoms with Gasteiger partial charge in [-0.05, 0) is 67.1 Å². The highest BCUT2D eigenvalue weighted by Gasteiger charge is 2.29. The maximum Gasteiger partial charge on any atom is 0.257 e. The minimum atomic E-state index is -4.23. The molecule has 4 rings (SSSR count). The number of hydrogen-bond donors (Lipinski definition) is 2. The molecule has 36 heavy (non-hydrogen) atoms. The highest BCUT2D eigenvalue weighted by atomic mass is 35.5. The summed E-state index contributed by atoms with van der Waals surface area (Å²) in [5.74, 6) is 0.229. The van der Waals surface area contributed by atoms with E-state index in [4.69, 9.17) is 21.5 Å². The van der Waals surface area contributed by atoms with Crippen molar-refractivity contribution in [2.45, 2.75) is 30.7 Å². The molecule has 1 aliphatic rings. The van der Waals surface area contributed by atoms with Gasteiger partial charge in [-0.15, -0.1) is 0 Å². The fourth-order valence-electron chi connectivity index (χ4n) is 4.31. The zero-order valence-corrected chi connectivity index (χ0v) is 21.4. The number of aryl methyl sites for hydroxylation is 1. The number of aromatic nitrogens is 1. The number of piperidine rings is 1. The van der Waals surface area contributed by atoms with Gasteiger partial charge in [0.05, 0.1) is 18.4 Å². The Kier molecular flexibility index (Phi) is 7.49. The summed E-state index contributed by atoms with van der Waals surface area (Å²) in [6.45, 7) is 2.77. The predicted octanol–water partition coefficient (Wildman–Crippen LogP) is 4.60. The maximum absolute atomic E-state index is 13.5. The van der Waals surface area contributed by atoms with Crippen molar-refractivity contribution in [3.05, 3.63) is 76.2 Å². The van der Waals surface area contributed by atoms with Crippen molar-refractivity contribution in [2.24, 2.45) is 5.14 Å². The number of carbonyl (C=O) groups is 1. The van der Waals surface area contributed by atoms with Crippen molar-refractivity contribution in [3.8, 4) is 5.75 Å². The quantitative estimate of drug-likeness (QED) is 0.479. The number of rotatable bonds is 6. The number of likely N-dealkylation sites (tertiary alicyclic amines) is 1. The normalized spacial score (nSPS) is 14.5. The molecule has 1 amide bonds. The van der Waals surface area contributed by atoms with Crippen LogP contribution in [0.2, 0.25) is 5.02 Å². The molecule has 2 heterocycles. The summed E-state index contributed by atoms with van der Waals surface area (Å²) in [6, 6.07) is 11.7. The molecule has 8 nitrogen and oxygen atoms in total. The monoisotopic (exact) mass is 532 g/mol. The summed E-state index contributed by atoms with van der Waals surface area (Å²) in [5, 5.41) is 7.61.